The number of tetrazole rings is 1. The highest BCUT2D eigenvalue weighted by Gasteiger charge is 2.17. The molecule has 0 bridgehead atoms. The summed E-state index contributed by atoms with van der Waals surface area (Å²) in [7, 11) is 1.62. The van der Waals surface area contributed by atoms with E-state index in [1.165, 1.54) is 11.8 Å². The van der Waals surface area contributed by atoms with E-state index in [4.69, 9.17) is 0 Å². The van der Waals surface area contributed by atoms with Crippen molar-refractivity contribution in [3.05, 3.63) is 35.9 Å². The second-order valence-corrected chi connectivity index (χ2v) is 5.29. The summed E-state index contributed by atoms with van der Waals surface area (Å²) in [5, 5.41) is 14.6. The van der Waals surface area contributed by atoms with E-state index < -0.39 is 0 Å². The zero-order valence-electron chi connectivity index (χ0n) is 10.8. The molecule has 1 aromatic carbocycles. The highest BCUT2D eigenvalue weighted by molar-refractivity contribution is 8.00. The van der Waals surface area contributed by atoms with Gasteiger partial charge in [0.05, 0.1) is 11.8 Å². The average Bonchev–Trinajstić information content (AvgIpc) is 2.86. The zero-order chi connectivity index (χ0) is 13.7. The fourth-order valence-corrected chi connectivity index (χ4v) is 2.40. The normalized spacial score (nSPS) is 12.1. The first-order valence-electron chi connectivity index (χ1n) is 5.89. The van der Waals surface area contributed by atoms with Gasteiger partial charge in [-0.3, -0.25) is 4.79 Å². The first kappa shape index (κ1) is 13.5. The molecule has 1 atom stereocenters. The van der Waals surface area contributed by atoms with Crippen LogP contribution in [0.5, 0.6) is 0 Å². The van der Waals surface area contributed by atoms with E-state index in [0.717, 1.165) is 5.56 Å². The molecule has 0 aliphatic carbocycles. The Morgan fingerprint density at radius 2 is 2.16 bits per heavy atom. The number of benzene rings is 1. The maximum absolute atomic E-state index is 11.5. The summed E-state index contributed by atoms with van der Waals surface area (Å²) in [4.78, 5) is 11.5. The van der Waals surface area contributed by atoms with Crippen molar-refractivity contribution < 1.29 is 4.79 Å². The molecule has 6 nitrogen and oxygen atoms in total. The van der Waals surface area contributed by atoms with Gasteiger partial charge >= 0.3 is 0 Å². The summed E-state index contributed by atoms with van der Waals surface area (Å²) < 4.78 is 1.69. The molecule has 0 saturated carbocycles. The smallest absolute Gasteiger partial charge is 0.233 e. The van der Waals surface area contributed by atoms with E-state index in [9.17, 15) is 4.79 Å². The Bertz CT molecular complexity index is 542. The van der Waals surface area contributed by atoms with Crippen molar-refractivity contribution in [2.45, 2.75) is 23.9 Å². The molecule has 1 heterocycles. The number of hydrogen-bond acceptors (Lipinski definition) is 5. The lowest BCUT2D eigenvalue weighted by Crippen LogP contribution is -2.27. The topological polar surface area (TPSA) is 72.7 Å². The van der Waals surface area contributed by atoms with Crippen LogP contribution < -0.4 is 5.32 Å². The molecule has 2 rings (SSSR count). The lowest BCUT2D eigenvalue weighted by atomic mass is 10.2. The predicted molar refractivity (Wildman–Crippen MR) is 72.7 cm³/mol. The molecule has 1 aromatic heterocycles. The van der Waals surface area contributed by atoms with Crippen LogP contribution >= 0.6 is 11.8 Å². The van der Waals surface area contributed by atoms with E-state index in [2.05, 4.69) is 20.8 Å². The maximum atomic E-state index is 11.5. The first-order chi connectivity index (χ1) is 9.20. The van der Waals surface area contributed by atoms with E-state index in [-0.39, 0.29) is 11.2 Å². The van der Waals surface area contributed by atoms with Gasteiger partial charge in [0.1, 0.15) is 0 Å². The average molecular weight is 277 g/mol. The van der Waals surface area contributed by atoms with Crippen molar-refractivity contribution in [1.82, 2.24) is 25.5 Å². The van der Waals surface area contributed by atoms with Crippen LogP contribution in [0.25, 0.3) is 0 Å². The standard InChI is InChI=1S/C12H15N5OS/c1-9(11(18)13-2)19-12-14-15-16-17(12)8-10-6-4-3-5-7-10/h3-7,9H,8H2,1-2H3,(H,13,18). The zero-order valence-corrected chi connectivity index (χ0v) is 11.6. The van der Waals surface area contributed by atoms with Crippen molar-refractivity contribution in [3.63, 3.8) is 0 Å². The Labute approximate surface area is 115 Å². The predicted octanol–water partition coefficient (Wildman–Crippen LogP) is 0.948. The SMILES string of the molecule is CNC(=O)C(C)Sc1nnnn1Cc1ccccc1. The van der Waals surface area contributed by atoms with Gasteiger partial charge in [-0.05, 0) is 22.9 Å². The van der Waals surface area contributed by atoms with Gasteiger partial charge in [0, 0.05) is 7.05 Å². The second kappa shape index (κ2) is 6.33. The Morgan fingerprint density at radius 1 is 1.42 bits per heavy atom. The molecule has 1 unspecified atom stereocenters. The minimum atomic E-state index is -0.231. The molecule has 0 aliphatic rings. The van der Waals surface area contributed by atoms with Gasteiger partial charge in [-0.25, -0.2) is 4.68 Å². The number of carbonyl (C=O) groups is 1. The fourth-order valence-electron chi connectivity index (χ4n) is 1.55. The third-order valence-corrected chi connectivity index (χ3v) is 3.64. The minimum Gasteiger partial charge on any atom is -0.358 e. The lowest BCUT2D eigenvalue weighted by molar-refractivity contribution is -0.119. The third-order valence-electron chi connectivity index (χ3n) is 2.57. The summed E-state index contributed by atoms with van der Waals surface area (Å²) in [6.07, 6.45) is 0. The quantitative estimate of drug-likeness (QED) is 0.824. The van der Waals surface area contributed by atoms with E-state index >= 15 is 0 Å². The summed E-state index contributed by atoms with van der Waals surface area (Å²) in [5.41, 5.74) is 1.12. The van der Waals surface area contributed by atoms with Gasteiger partial charge in [-0.1, -0.05) is 42.1 Å². The Balaban J connectivity index is 2.08. The molecule has 0 spiro atoms. The van der Waals surface area contributed by atoms with Gasteiger partial charge in [0.2, 0.25) is 11.1 Å². The molecule has 0 aliphatic heterocycles. The van der Waals surface area contributed by atoms with Crippen LogP contribution in [0.1, 0.15) is 12.5 Å². The monoisotopic (exact) mass is 277 g/mol. The molecule has 100 valence electrons. The molecule has 1 N–H and O–H groups in total. The van der Waals surface area contributed by atoms with Crippen LogP contribution in [-0.4, -0.2) is 38.4 Å². The number of carbonyl (C=O) groups excluding carboxylic acids is 1. The van der Waals surface area contributed by atoms with Gasteiger partial charge in [0.25, 0.3) is 0 Å². The van der Waals surface area contributed by atoms with Crippen LogP contribution in [0.15, 0.2) is 35.5 Å². The Kier molecular flexibility index (Phi) is 4.51. The Hall–Kier alpha value is -1.89. The van der Waals surface area contributed by atoms with Crippen molar-refractivity contribution >= 4 is 17.7 Å². The minimum absolute atomic E-state index is 0.0424. The van der Waals surface area contributed by atoms with Crippen molar-refractivity contribution in [2.75, 3.05) is 7.05 Å². The summed E-state index contributed by atoms with van der Waals surface area (Å²) in [6, 6.07) is 9.93. The lowest BCUT2D eigenvalue weighted by Gasteiger charge is -2.09. The molecule has 0 saturated heterocycles. The highest BCUT2D eigenvalue weighted by Crippen LogP contribution is 2.20. The molecular formula is C12H15N5OS. The van der Waals surface area contributed by atoms with Gasteiger partial charge in [0.15, 0.2) is 0 Å². The number of nitrogens with zero attached hydrogens (tertiary/aromatic N) is 4. The summed E-state index contributed by atoms with van der Waals surface area (Å²) in [6.45, 7) is 2.42. The first-order valence-corrected chi connectivity index (χ1v) is 6.77. The van der Waals surface area contributed by atoms with Gasteiger partial charge < -0.3 is 5.32 Å². The molecule has 2 aromatic rings. The largest absolute Gasteiger partial charge is 0.358 e. The molecular weight excluding hydrogens is 262 g/mol. The number of hydrogen-bond donors (Lipinski definition) is 1. The number of amides is 1. The Morgan fingerprint density at radius 3 is 2.84 bits per heavy atom. The van der Waals surface area contributed by atoms with Crippen LogP contribution in [0.4, 0.5) is 0 Å². The van der Waals surface area contributed by atoms with E-state index in [0.29, 0.717) is 11.7 Å². The fraction of sp³-hybridized carbons (Fsp3) is 0.333. The third kappa shape index (κ3) is 3.54. The molecule has 7 heteroatoms. The summed E-state index contributed by atoms with van der Waals surface area (Å²) >= 11 is 1.34. The van der Waals surface area contributed by atoms with Crippen LogP contribution in [0.2, 0.25) is 0 Å². The molecule has 0 fully saturated rings. The van der Waals surface area contributed by atoms with E-state index in [1.54, 1.807) is 11.7 Å². The highest BCUT2D eigenvalue weighted by atomic mass is 32.2. The van der Waals surface area contributed by atoms with Gasteiger partial charge in [-0.2, -0.15) is 0 Å². The van der Waals surface area contributed by atoms with Crippen LogP contribution in [-0.2, 0) is 11.3 Å². The van der Waals surface area contributed by atoms with Crippen LogP contribution in [0, 0.1) is 0 Å². The number of aromatic nitrogens is 4. The van der Waals surface area contributed by atoms with E-state index in [1.807, 2.05) is 37.3 Å². The second-order valence-electron chi connectivity index (χ2n) is 3.98. The number of thioether (sulfide) groups is 1. The van der Waals surface area contributed by atoms with Gasteiger partial charge in [-0.15, -0.1) is 5.10 Å². The van der Waals surface area contributed by atoms with Crippen molar-refractivity contribution in [1.29, 1.82) is 0 Å². The maximum Gasteiger partial charge on any atom is 0.233 e. The number of rotatable bonds is 5. The summed E-state index contributed by atoms with van der Waals surface area (Å²) in [5.74, 6) is -0.0424. The molecule has 19 heavy (non-hydrogen) atoms. The number of nitrogens with one attached hydrogen (secondary N) is 1. The van der Waals surface area contributed by atoms with Crippen LogP contribution in [0.3, 0.4) is 0 Å². The van der Waals surface area contributed by atoms with Crippen molar-refractivity contribution in [3.8, 4) is 0 Å². The van der Waals surface area contributed by atoms with Crippen molar-refractivity contribution in [2.24, 2.45) is 0 Å². The molecule has 1 amide bonds. The molecule has 0 radical (unpaired) electrons.